The number of hydrogen-bond donors (Lipinski definition) is 2. The Kier molecular flexibility index (Phi) is 4.94. The van der Waals surface area contributed by atoms with Crippen LogP contribution in [0.1, 0.15) is 30.9 Å². The summed E-state index contributed by atoms with van der Waals surface area (Å²) in [6.07, 6.45) is 3.11. The highest BCUT2D eigenvalue weighted by molar-refractivity contribution is 6.30. The topological polar surface area (TPSA) is 52.0 Å². The molecule has 0 aromatic heterocycles. The molecule has 0 radical (unpaired) electrons. The van der Waals surface area contributed by atoms with Crippen molar-refractivity contribution in [2.24, 2.45) is 11.5 Å². The smallest absolute Gasteiger partial charge is 0.0406 e. The van der Waals surface area contributed by atoms with E-state index in [1.807, 2.05) is 24.3 Å². The molecule has 0 heterocycles. The molecule has 0 aliphatic carbocycles. The van der Waals surface area contributed by atoms with Crippen molar-refractivity contribution in [3.8, 4) is 0 Å². The average molecular weight is 213 g/mol. The van der Waals surface area contributed by atoms with Crippen LogP contribution in [0.5, 0.6) is 0 Å². The minimum atomic E-state index is 0.110. The molecule has 0 amide bonds. The van der Waals surface area contributed by atoms with E-state index in [0.717, 1.165) is 36.4 Å². The fourth-order valence-electron chi connectivity index (χ4n) is 1.39. The third-order valence-electron chi connectivity index (χ3n) is 2.27. The second kappa shape index (κ2) is 6.02. The first-order valence-corrected chi connectivity index (χ1v) is 5.33. The number of nitrogens with two attached hydrogens (primary N) is 2. The summed E-state index contributed by atoms with van der Waals surface area (Å²) in [6.45, 7) is 0.743. The van der Waals surface area contributed by atoms with Crippen molar-refractivity contribution < 1.29 is 0 Å². The molecule has 0 saturated heterocycles. The lowest BCUT2D eigenvalue weighted by molar-refractivity contribution is 0.591. The van der Waals surface area contributed by atoms with Gasteiger partial charge in [0.25, 0.3) is 0 Å². The highest BCUT2D eigenvalue weighted by atomic mass is 35.5. The summed E-state index contributed by atoms with van der Waals surface area (Å²) >= 11 is 5.79. The van der Waals surface area contributed by atoms with Crippen molar-refractivity contribution in [1.29, 1.82) is 0 Å². The van der Waals surface area contributed by atoms with E-state index >= 15 is 0 Å². The fourth-order valence-corrected chi connectivity index (χ4v) is 1.51. The van der Waals surface area contributed by atoms with Crippen LogP contribution in [0.2, 0.25) is 5.02 Å². The van der Waals surface area contributed by atoms with Crippen LogP contribution in [0, 0.1) is 0 Å². The van der Waals surface area contributed by atoms with Crippen LogP contribution in [0.15, 0.2) is 24.3 Å². The summed E-state index contributed by atoms with van der Waals surface area (Å²) in [5.41, 5.74) is 12.6. The lowest BCUT2D eigenvalue weighted by atomic mass is 10.0. The predicted octanol–water partition coefficient (Wildman–Crippen LogP) is 2.47. The van der Waals surface area contributed by atoms with Gasteiger partial charge in [-0.25, -0.2) is 0 Å². The Morgan fingerprint density at radius 2 is 1.79 bits per heavy atom. The van der Waals surface area contributed by atoms with Gasteiger partial charge in [-0.15, -0.1) is 0 Å². The molecule has 0 aliphatic rings. The van der Waals surface area contributed by atoms with Gasteiger partial charge in [0.2, 0.25) is 0 Å². The molecular formula is C11H17ClN2. The van der Waals surface area contributed by atoms with Crippen LogP contribution in [0.3, 0.4) is 0 Å². The first-order chi connectivity index (χ1) is 6.74. The highest BCUT2D eigenvalue weighted by Gasteiger charge is 2.04. The Labute approximate surface area is 90.2 Å². The molecule has 3 heteroatoms. The maximum absolute atomic E-state index is 6.00. The third-order valence-corrected chi connectivity index (χ3v) is 2.52. The van der Waals surface area contributed by atoms with Gasteiger partial charge < -0.3 is 11.5 Å². The van der Waals surface area contributed by atoms with Gasteiger partial charge in [0.15, 0.2) is 0 Å². The molecule has 1 aromatic rings. The van der Waals surface area contributed by atoms with E-state index < -0.39 is 0 Å². The summed E-state index contributed by atoms with van der Waals surface area (Å²) in [5, 5.41) is 0.753. The lowest BCUT2D eigenvalue weighted by Crippen LogP contribution is -2.10. The van der Waals surface area contributed by atoms with Crippen LogP contribution in [-0.4, -0.2) is 6.54 Å². The quantitative estimate of drug-likeness (QED) is 0.737. The van der Waals surface area contributed by atoms with Crippen LogP contribution in [-0.2, 0) is 0 Å². The molecule has 0 bridgehead atoms. The Morgan fingerprint density at radius 3 is 2.36 bits per heavy atom. The summed E-state index contributed by atoms with van der Waals surface area (Å²) in [4.78, 5) is 0. The van der Waals surface area contributed by atoms with Gasteiger partial charge >= 0.3 is 0 Å². The van der Waals surface area contributed by atoms with Gasteiger partial charge in [0.05, 0.1) is 0 Å². The first kappa shape index (κ1) is 11.5. The third kappa shape index (κ3) is 3.66. The van der Waals surface area contributed by atoms with Crippen molar-refractivity contribution in [1.82, 2.24) is 0 Å². The SMILES string of the molecule is NCCCC[C@@H](N)c1ccc(Cl)cc1. The lowest BCUT2D eigenvalue weighted by Gasteiger charge is -2.11. The summed E-state index contributed by atoms with van der Waals surface area (Å²) in [6, 6.07) is 7.82. The molecule has 0 unspecified atom stereocenters. The molecule has 0 fully saturated rings. The first-order valence-electron chi connectivity index (χ1n) is 4.95. The van der Waals surface area contributed by atoms with Crippen molar-refractivity contribution in [3.05, 3.63) is 34.9 Å². The van der Waals surface area contributed by atoms with Crippen molar-refractivity contribution in [2.45, 2.75) is 25.3 Å². The van der Waals surface area contributed by atoms with Crippen LogP contribution >= 0.6 is 11.6 Å². The van der Waals surface area contributed by atoms with Gasteiger partial charge in [-0.2, -0.15) is 0 Å². The second-order valence-electron chi connectivity index (χ2n) is 3.44. The molecule has 0 spiro atoms. The van der Waals surface area contributed by atoms with E-state index in [1.54, 1.807) is 0 Å². The molecule has 4 N–H and O–H groups in total. The molecule has 0 saturated carbocycles. The van der Waals surface area contributed by atoms with E-state index in [-0.39, 0.29) is 6.04 Å². The number of rotatable bonds is 5. The minimum absolute atomic E-state index is 0.110. The maximum atomic E-state index is 6.00. The van der Waals surface area contributed by atoms with Crippen molar-refractivity contribution in [2.75, 3.05) is 6.54 Å². The van der Waals surface area contributed by atoms with Crippen LogP contribution in [0.4, 0.5) is 0 Å². The van der Waals surface area contributed by atoms with Crippen LogP contribution < -0.4 is 11.5 Å². The van der Waals surface area contributed by atoms with E-state index in [0.29, 0.717) is 0 Å². The zero-order valence-electron chi connectivity index (χ0n) is 8.25. The van der Waals surface area contributed by atoms with Gasteiger partial charge in [-0.1, -0.05) is 30.2 Å². The molecule has 0 aliphatic heterocycles. The zero-order chi connectivity index (χ0) is 10.4. The minimum Gasteiger partial charge on any atom is -0.330 e. The summed E-state index contributed by atoms with van der Waals surface area (Å²) in [5.74, 6) is 0. The van der Waals surface area contributed by atoms with E-state index in [4.69, 9.17) is 23.1 Å². The Balaban J connectivity index is 2.43. The summed E-state index contributed by atoms with van der Waals surface area (Å²) < 4.78 is 0. The standard InChI is InChI=1S/C11H17ClN2/c12-10-6-4-9(5-7-10)11(14)3-1-2-8-13/h4-7,11H,1-3,8,13-14H2/t11-/m1/s1. The molecular weight excluding hydrogens is 196 g/mol. The molecule has 1 rings (SSSR count). The Bertz CT molecular complexity index is 258. The Hall–Kier alpha value is -0.570. The second-order valence-corrected chi connectivity index (χ2v) is 3.88. The van der Waals surface area contributed by atoms with Crippen LogP contribution in [0.25, 0.3) is 0 Å². The van der Waals surface area contributed by atoms with E-state index in [2.05, 4.69) is 0 Å². The van der Waals surface area contributed by atoms with Crippen molar-refractivity contribution in [3.63, 3.8) is 0 Å². The highest BCUT2D eigenvalue weighted by Crippen LogP contribution is 2.18. The molecule has 78 valence electrons. The number of halogens is 1. The van der Waals surface area contributed by atoms with E-state index in [9.17, 15) is 0 Å². The van der Waals surface area contributed by atoms with E-state index in [1.165, 1.54) is 0 Å². The normalized spacial score (nSPS) is 12.8. The maximum Gasteiger partial charge on any atom is 0.0406 e. The van der Waals surface area contributed by atoms with Gasteiger partial charge in [-0.3, -0.25) is 0 Å². The number of hydrogen-bond acceptors (Lipinski definition) is 2. The molecule has 14 heavy (non-hydrogen) atoms. The molecule has 1 aromatic carbocycles. The average Bonchev–Trinajstić information content (AvgIpc) is 2.19. The largest absolute Gasteiger partial charge is 0.330 e. The molecule has 1 atom stereocenters. The predicted molar refractivity (Wildman–Crippen MR) is 61.3 cm³/mol. The number of benzene rings is 1. The number of unbranched alkanes of at least 4 members (excludes halogenated alkanes) is 1. The summed E-state index contributed by atoms with van der Waals surface area (Å²) in [7, 11) is 0. The van der Waals surface area contributed by atoms with Crippen molar-refractivity contribution >= 4 is 11.6 Å². The molecule has 2 nitrogen and oxygen atoms in total. The van der Waals surface area contributed by atoms with Gasteiger partial charge in [0, 0.05) is 11.1 Å². The van der Waals surface area contributed by atoms with Gasteiger partial charge in [0.1, 0.15) is 0 Å². The zero-order valence-corrected chi connectivity index (χ0v) is 9.00. The Morgan fingerprint density at radius 1 is 1.14 bits per heavy atom. The monoisotopic (exact) mass is 212 g/mol. The fraction of sp³-hybridized carbons (Fsp3) is 0.455. The van der Waals surface area contributed by atoms with Gasteiger partial charge in [-0.05, 0) is 37.1 Å².